The van der Waals surface area contributed by atoms with Crippen molar-refractivity contribution in [2.24, 2.45) is 0 Å². The number of methoxy groups -OCH3 is 2. The molecule has 0 bridgehead atoms. The second-order valence-corrected chi connectivity index (χ2v) is 4.91. The summed E-state index contributed by atoms with van der Waals surface area (Å²) < 4.78 is 10.8. The van der Waals surface area contributed by atoms with Gasteiger partial charge in [-0.2, -0.15) is 0 Å². The maximum absolute atomic E-state index is 11.9. The molecule has 0 aliphatic rings. The molecule has 2 atom stereocenters. The Morgan fingerprint density at radius 2 is 1.25 bits per heavy atom. The van der Waals surface area contributed by atoms with E-state index < -0.39 is 0 Å². The van der Waals surface area contributed by atoms with Crippen molar-refractivity contribution in [2.75, 3.05) is 14.2 Å². The summed E-state index contributed by atoms with van der Waals surface area (Å²) in [6, 6.07) is 0. The molecule has 0 aromatic carbocycles. The van der Waals surface area contributed by atoms with Crippen LogP contribution in [0.15, 0.2) is 0 Å². The number of carbonyl (C=O) groups excluding carboxylic acids is 1. The molecule has 0 spiro atoms. The number of rotatable bonds is 8. The zero-order valence-electron chi connectivity index (χ0n) is 11.6. The van der Waals surface area contributed by atoms with E-state index in [-0.39, 0.29) is 17.0 Å². The zero-order chi connectivity index (χ0) is 12.8. The number of Topliss-reactive ketones (excluding diaryl/α,β-unsaturated/α-hetero) is 1. The molecule has 0 radical (unpaired) electrons. The molecule has 3 heteroatoms. The molecule has 16 heavy (non-hydrogen) atoms. The van der Waals surface area contributed by atoms with Gasteiger partial charge < -0.3 is 9.47 Å². The van der Waals surface area contributed by atoms with E-state index in [2.05, 4.69) is 0 Å². The average Bonchev–Trinajstić information content (AvgIpc) is 2.28. The van der Waals surface area contributed by atoms with Crippen LogP contribution >= 0.6 is 0 Å². The van der Waals surface area contributed by atoms with Crippen molar-refractivity contribution < 1.29 is 14.3 Å². The fourth-order valence-electron chi connectivity index (χ4n) is 1.58. The Bertz CT molecular complexity index is 193. The summed E-state index contributed by atoms with van der Waals surface area (Å²) in [4.78, 5) is 11.9. The summed E-state index contributed by atoms with van der Waals surface area (Å²) in [5.41, 5.74) is -0.668. The molecule has 0 N–H and O–H groups in total. The lowest BCUT2D eigenvalue weighted by molar-refractivity contribution is -0.130. The van der Waals surface area contributed by atoms with Crippen LogP contribution in [0.5, 0.6) is 0 Å². The number of ether oxygens (including phenoxy) is 2. The lowest BCUT2D eigenvalue weighted by atomic mass is 9.89. The van der Waals surface area contributed by atoms with Gasteiger partial charge in [-0.3, -0.25) is 4.79 Å². The molecule has 3 nitrogen and oxygen atoms in total. The molecule has 2 unspecified atom stereocenters. The highest BCUT2D eigenvalue weighted by molar-refractivity contribution is 5.80. The lowest BCUT2D eigenvalue weighted by Gasteiger charge is -2.30. The molecular formula is C13H26O3. The van der Waals surface area contributed by atoms with E-state index in [1.54, 1.807) is 14.2 Å². The van der Waals surface area contributed by atoms with Gasteiger partial charge in [-0.05, 0) is 26.7 Å². The van der Waals surface area contributed by atoms with Crippen molar-refractivity contribution in [1.29, 1.82) is 0 Å². The Morgan fingerprint density at radius 3 is 1.44 bits per heavy atom. The molecule has 0 amide bonds. The molecule has 0 heterocycles. The van der Waals surface area contributed by atoms with E-state index in [0.717, 1.165) is 12.8 Å². The van der Waals surface area contributed by atoms with E-state index in [1.807, 2.05) is 27.7 Å². The maximum atomic E-state index is 11.9. The quantitative estimate of drug-likeness (QED) is 0.643. The minimum absolute atomic E-state index is 0.206. The van der Waals surface area contributed by atoms with Crippen molar-refractivity contribution in [3.8, 4) is 0 Å². The Balaban J connectivity index is 4.38. The third kappa shape index (κ3) is 4.62. The highest BCUT2D eigenvalue weighted by Gasteiger charge is 2.30. The molecule has 0 aromatic rings. The van der Waals surface area contributed by atoms with E-state index in [4.69, 9.17) is 9.47 Å². The summed E-state index contributed by atoms with van der Waals surface area (Å²) in [5, 5.41) is 0. The van der Waals surface area contributed by atoms with Crippen molar-refractivity contribution in [2.45, 2.75) is 64.6 Å². The summed E-state index contributed by atoms with van der Waals surface area (Å²) in [6.45, 7) is 8.01. The second kappa shape index (κ2) is 6.36. The topological polar surface area (TPSA) is 35.5 Å². The summed E-state index contributed by atoms with van der Waals surface area (Å²) >= 11 is 0. The SMILES string of the molecule is CCC(C)(CC(=O)CC(C)(CC)OC)OC. The monoisotopic (exact) mass is 230 g/mol. The van der Waals surface area contributed by atoms with E-state index in [0.29, 0.717) is 12.8 Å². The van der Waals surface area contributed by atoms with Gasteiger partial charge in [0.2, 0.25) is 0 Å². The van der Waals surface area contributed by atoms with E-state index >= 15 is 0 Å². The Hall–Kier alpha value is -0.410. The van der Waals surface area contributed by atoms with Gasteiger partial charge in [0.1, 0.15) is 5.78 Å². The van der Waals surface area contributed by atoms with Crippen LogP contribution in [-0.4, -0.2) is 31.2 Å². The minimum Gasteiger partial charge on any atom is -0.378 e. The molecule has 0 saturated heterocycles. The van der Waals surface area contributed by atoms with Gasteiger partial charge in [0.25, 0.3) is 0 Å². The first-order valence-corrected chi connectivity index (χ1v) is 5.96. The fraction of sp³-hybridized carbons (Fsp3) is 0.923. The van der Waals surface area contributed by atoms with Crippen molar-refractivity contribution >= 4 is 5.78 Å². The molecule has 0 aromatic heterocycles. The van der Waals surface area contributed by atoms with Gasteiger partial charge >= 0.3 is 0 Å². The van der Waals surface area contributed by atoms with Gasteiger partial charge in [0.05, 0.1) is 11.2 Å². The van der Waals surface area contributed by atoms with Gasteiger partial charge in [-0.25, -0.2) is 0 Å². The van der Waals surface area contributed by atoms with Crippen LogP contribution in [0, 0.1) is 0 Å². The number of hydrogen-bond donors (Lipinski definition) is 0. The number of hydrogen-bond acceptors (Lipinski definition) is 3. The van der Waals surface area contributed by atoms with Crippen LogP contribution in [0.4, 0.5) is 0 Å². The maximum Gasteiger partial charge on any atom is 0.138 e. The molecule has 0 aliphatic heterocycles. The van der Waals surface area contributed by atoms with Gasteiger partial charge in [0, 0.05) is 27.1 Å². The van der Waals surface area contributed by atoms with Gasteiger partial charge in [-0.15, -0.1) is 0 Å². The van der Waals surface area contributed by atoms with E-state index in [1.165, 1.54) is 0 Å². The average molecular weight is 230 g/mol. The van der Waals surface area contributed by atoms with Crippen molar-refractivity contribution in [3.63, 3.8) is 0 Å². The second-order valence-electron chi connectivity index (χ2n) is 4.91. The van der Waals surface area contributed by atoms with E-state index in [9.17, 15) is 4.79 Å². The zero-order valence-corrected chi connectivity index (χ0v) is 11.6. The molecule has 0 saturated carbocycles. The predicted octanol–water partition coefficient (Wildman–Crippen LogP) is 2.97. The van der Waals surface area contributed by atoms with Crippen LogP contribution < -0.4 is 0 Å². The summed E-state index contributed by atoms with van der Waals surface area (Å²) in [7, 11) is 3.32. The van der Waals surface area contributed by atoms with Gasteiger partial charge in [0.15, 0.2) is 0 Å². The fourth-order valence-corrected chi connectivity index (χ4v) is 1.58. The van der Waals surface area contributed by atoms with Crippen LogP contribution in [0.25, 0.3) is 0 Å². The Morgan fingerprint density at radius 1 is 0.938 bits per heavy atom. The smallest absolute Gasteiger partial charge is 0.138 e. The summed E-state index contributed by atoms with van der Waals surface area (Å²) in [6.07, 6.45) is 2.59. The highest BCUT2D eigenvalue weighted by Crippen LogP contribution is 2.25. The lowest BCUT2D eigenvalue weighted by Crippen LogP contribution is -2.35. The standard InChI is InChI=1S/C13H26O3/c1-7-12(3,15-5)9-11(14)10-13(4,8-2)16-6/h7-10H2,1-6H3. The first-order valence-electron chi connectivity index (χ1n) is 5.96. The number of carbonyl (C=O) groups is 1. The molecule has 0 aliphatic carbocycles. The van der Waals surface area contributed by atoms with Crippen LogP contribution in [0.1, 0.15) is 53.4 Å². The highest BCUT2D eigenvalue weighted by atomic mass is 16.5. The number of ketones is 1. The molecule has 0 rings (SSSR count). The minimum atomic E-state index is -0.334. The Kier molecular flexibility index (Phi) is 6.19. The largest absolute Gasteiger partial charge is 0.378 e. The van der Waals surface area contributed by atoms with Crippen LogP contribution in [-0.2, 0) is 14.3 Å². The van der Waals surface area contributed by atoms with Crippen LogP contribution in [0.2, 0.25) is 0 Å². The first-order chi connectivity index (χ1) is 7.34. The molecule has 96 valence electrons. The van der Waals surface area contributed by atoms with Crippen LogP contribution in [0.3, 0.4) is 0 Å². The van der Waals surface area contributed by atoms with Crippen molar-refractivity contribution in [1.82, 2.24) is 0 Å². The third-order valence-electron chi connectivity index (χ3n) is 3.62. The predicted molar refractivity (Wildman–Crippen MR) is 65.7 cm³/mol. The Labute approximate surface area is 99.5 Å². The third-order valence-corrected chi connectivity index (χ3v) is 3.62. The normalized spacial score (nSPS) is 18.9. The molecular weight excluding hydrogens is 204 g/mol. The summed E-state index contributed by atoms with van der Waals surface area (Å²) in [5.74, 6) is 0.206. The molecule has 0 fully saturated rings. The first kappa shape index (κ1) is 15.6. The van der Waals surface area contributed by atoms with Crippen molar-refractivity contribution in [3.05, 3.63) is 0 Å². The van der Waals surface area contributed by atoms with Gasteiger partial charge in [-0.1, -0.05) is 13.8 Å².